The Bertz CT molecular complexity index is 992. The highest BCUT2D eigenvalue weighted by Gasteiger charge is 2.21. The van der Waals surface area contributed by atoms with Crippen LogP contribution >= 0.6 is 0 Å². The van der Waals surface area contributed by atoms with Crippen molar-refractivity contribution in [3.63, 3.8) is 0 Å². The lowest BCUT2D eigenvalue weighted by Gasteiger charge is -2.09. The molecule has 0 unspecified atom stereocenters. The predicted molar refractivity (Wildman–Crippen MR) is 113 cm³/mol. The Morgan fingerprint density at radius 1 is 1.03 bits per heavy atom. The van der Waals surface area contributed by atoms with Crippen molar-refractivity contribution in [1.82, 2.24) is 24.9 Å². The number of aryl methyl sites for hydroxylation is 1. The van der Waals surface area contributed by atoms with Crippen molar-refractivity contribution in [3.8, 4) is 0 Å². The number of hydrogen-bond donors (Lipinski definition) is 2. The van der Waals surface area contributed by atoms with Gasteiger partial charge >= 0.3 is 0 Å². The van der Waals surface area contributed by atoms with E-state index in [1.54, 1.807) is 16.7 Å². The molecule has 1 aromatic carbocycles. The second kappa shape index (κ2) is 9.34. The first-order valence-corrected chi connectivity index (χ1v) is 9.69. The van der Waals surface area contributed by atoms with Gasteiger partial charge in [-0.25, -0.2) is 4.98 Å². The fourth-order valence-electron chi connectivity index (χ4n) is 3.01. The molecule has 7 nitrogen and oxygen atoms in total. The maximum atomic E-state index is 12.7. The van der Waals surface area contributed by atoms with Crippen LogP contribution in [-0.4, -0.2) is 53.3 Å². The molecule has 2 heterocycles. The SMILES string of the molecule is Cc1ccc(CNC(=O)c2nc(C(=O)NCCCN(C)C)c3ccccn23)cc1. The summed E-state index contributed by atoms with van der Waals surface area (Å²) in [6.07, 6.45) is 2.58. The molecule has 2 aromatic heterocycles. The van der Waals surface area contributed by atoms with Crippen molar-refractivity contribution in [2.45, 2.75) is 19.9 Å². The largest absolute Gasteiger partial charge is 0.351 e. The highest BCUT2D eigenvalue weighted by molar-refractivity contribution is 6.02. The Hall–Kier alpha value is -3.19. The van der Waals surface area contributed by atoms with Gasteiger partial charge in [0, 0.05) is 19.3 Å². The number of aromatic nitrogens is 2. The van der Waals surface area contributed by atoms with Crippen LogP contribution in [0.1, 0.15) is 38.7 Å². The molecule has 0 bridgehead atoms. The number of nitrogens with one attached hydrogen (secondary N) is 2. The van der Waals surface area contributed by atoms with Gasteiger partial charge < -0.3 is 15.5 Å². The Kier molecular flexibility index (Phi) is 6.61. The lowest BCUT2D eigenvalue weighted by atomic mass is 10.1. The van der Waals surface area contributed by atoms with Crippen LogP contribution < -0.4 is 10.6 Å². The molecule has 0 saturated carbocycles. The third kappa shape index (κ3) is 5.20. The Balaban J connectivity index is 1.73. The monoisotopic (exact) mass is 393 g/mol. The van der Waals surface area contributed by atoms with Crippen LogP contribution in [0.2, 0.25) is 0 Å². The van der Waals surface area contributed by atoms with Gasteiger partial charge in [-0.2, -0.15) is 0 Å². The fraction of sp³-hybridized carbons (Fsp3) is 0.318. The first kappa shape index (κ1) is 20.5. The number of imidazole rings is 1. The van der Waals surface area contributed by atoms with Gasteiger partial charge in [-0.15, -0.1) is 0 Å². The van der Waals surface area contributed by atoms with E-state index >= 15 is 0 Å². The van der Waals surface area contributed by atoms with E-state index in [-0.39, 0.29) is 23.3 Å². The van der Waals surface area contributed by atoms with Gasteiger partial charge in [-0.1, -0.05) is 35.9 Å². The van der Waals surface area contributed by atoms with Crippen LogP contribution in [0.3, 0.4) is 0 Å². The van der Waals surface area contributed by atoms with Gasteiger partial charge in [0.1, 0.15) is 0 Å². The molecule has 0 atom stereocenters. The maximum Gasteiger partial charge on any atom is 0.287 e. The summed E-state index contributed by atoms with van der Waals surface area (Å²) in [6, 6.07) is 13.4. The second-order valence-electron chi connectivity index (χ2n) is 7.32. The van der Waals surface area contributed by atoms with Crippen LogP contribution in [0.15, 0.2) is 48.7 Å². The lowest BCUT2D eigenvalue weighted by Crippen LogP contribution is -2.28. The number of fused-ring (bicyclic) bond motifs is 1. The number of benzene rings is 1. The van der Waals surface area contributed by atoms with Crippen LogP contribution in [-0.2, 0) is 6.54 Å². The van der Waals surface area contributed by atoms with E-state index in [1.807, 2.05) is 57.4 Å². The third-order valence-electron chi connectivity index (χ3n) is 4.61. The quantitative estimate of drug-likeness (QED) is 0.576. The molecule has 29 heavy (non-hydrogen) atoms. The van der Waals surface area contributed by atoms with Crippen LogP contribution in [0.5, 0.6) is 0 Å². The van der Waals surface area contributed by atoms with Gasteiger partial charge in [-0.05, 0) is 51.7 Å². The lowest BCUT2D eigenvalue weighted by molar-refractivity contribution is 0.0939. The summed E-state index contributed by atoms with van der Waals surface area (Å²) < 4.78 is 1.65. The molecule has 3 aromatic rings. The molecule has 2 amide bonds. The van der Waals surface area contributed by atoms with E-state index in [2.05, 4.69) is 20.5 Å². The van der Waals surface area contributed by atoms with Crippen molar-refractivity contribution in [1.29, 1.82) is 0 Å². The number of pyridine rings is 1. The number of amides is 2. The predicted octanol–water partition coefficient (Wildman–Crippen LogP) is 2.25. The summed E-state index contributed by atoms with van der Waals surface area (Å²) in [4.78, 5) is 31.8. The Labute approximate surface area is 170 Å². The molecule has 0 aliphatic rings. The van der Waals surface area contributed by atoms with Crippen molar-refractivity contribution in [2.75, 3.05) is 27.2 Å². The van der Waals surface area contributed by atoms with E-state index in [0.29, 0.717) is 18.6 Å². The summed E-state index contributed by atoms with van der Waals surface area (Å²) in [5, 5.41) is 5.77. The minimum absolute atomic E-state index is 0.200. The Morgan fingerprint density at radius 2 is 1.79 bits per heavy atom. The summed E-state index contributed by atoms with van der Waals surface area (Å²) in [5.74, 6) is -0.394. The molecule has 0 spiro atoms. The molecule has 0 aliphatic carbocycles. The summed E-state index contributed by atoms with van der Waals surface area (Å²) >= 11 is 0. The molecule has 0 aliphatic heterocycles. The molecule has 0 saturated heterocycles. The van der Waals surface area contributed by atoms with E-state index in [9.17, 15) is 9.59 Å². The van der Waals surface area contributed by atoms with Crippen LogP contribution in [0.25, 0.3) is 5.52 Å². The summed E-state index contributed by atoms with van der Waals surface area (Å²) in [7, 11) is 3.98. The average molecular weight is 393 g/mol. The number of carbonyl (C=O) groups is 2. The van der Waals surface area contributed by atoms with Gasteiger partial charge in [0.05, 0.1) is 5.52 Å². The minimum atomic E-state index is -0.321. The molecule has 0 fully saturated rings. The first-order chi connectivity index (χ1) is 14.0. The van der Waals surface area contributed by atoms with Crippen molar-refractivity contribution < 1.29 is 9.59 Å². The van der Waals surface area contributed by atoms with E-state index < -0.39 is 0 Å². The molecule has 2 N–H and O–H groups in total. The van der Waals surface area contributed by atoms with Crippen molar-refractivity contribution in [3.05, 3.63) is 71.3 Å². The number of hydrogen-bond acceptors (Lipinski definition) is 4. The van der Waals surface area contributed by atoms with Gasteiger partial charge in [0.15, 0.2) is 5.69 Å². The van der Waals surface area contributed by atoms with E-state index in [0.717, 1.165) is 18.5 Å². The standard InChI is InChI=1S/C22H27N5O2/c1-16-8-10-17(11-9-16)15-24-22(29)20-25-19(18-7-4-5-14-27(18)20)21(28)23-12-6-13-26(2)3/h4-5,7-11,14H,6,12-13,15H2,1-3H3,(H,23,28)(H,24,29). The molecule has 0 radical (unpaired) electrons. The third-order valence-corrected chi connectivity index (χ3v) is 4.61. The number of carbonyl (C=O) groups excluding carboxylic acids is 2. The first-order valence-electron chi connectivity index (χ1n) is 9.69. The molecule has 3 rings (SSSR count). The maximum absolute atomic E-state index is 12.7. The zero-order valence-electron chi connectivity index (χ0n) is 17.1. The number of nitrogens with zero attached hydrogens (tertiary/aromatic N) is 3. The zero-order chi connectivity index (χ0) is 20.8. The smallest absolute Gasteiger partial charge is 0.287 e. The molecular formula is C22H27N5O2. The van der Waals surface area contributed by atoms with Crippen molar-refractivity contribution >= 4 is 17.3 Å². The van der Waals surface area contributed by atoms with E-state index in [4.69, 9.17) is 0 Å². The van der Waals surface area contributed by atoms with E-state index in [1.165, 1.54) is 5.56 Å². The summed E-state index contributed by atoms with van der Waals surface area (Å²) in [6.45, 7) is 3.85. The zero-order valence-corrected chi connectivity index (χ0v) is 17.1. The van der Waals surface area contributed by atoms with Gasteiger partial charge in [-0.3, -0.25) is 14.0 Å². The summed E-state index contributed by atoms with van der Waals surface area (Å²) in [5.41, 5.74) is 3.04. The van der Waals surface area contributed by atoms with Gasteiger partial charge in [0.2, 0.25) is 5.82 Å². The molecular weight excluding hydrogens is 366 g/mol. The highest BCUT2D eigenvalue weighted by Crippen LogP contribution is 2.14. The normalized spacial score (nSPS) is 11.0. The fourth-order valence-corrected chi connectivity index (χ4v) is 3.01. The second-order valence-corrected chi connectivity index (χ2v) is 7.32. The van der Waals surface area contributed by atoms with Crippen molar-refractivity contribution in [2.24, 2.45) is 0 Å². The number of rotatable bonds is 8. The highest BCUT2D eigenvalue weighted by atomic mass is 16.2. The molecule has 7 heteroatoms. The topological polar surface area (TPSA) is 78.7 Å². The van der Waals surface area contributed by atoms with Crippen LogP contribution in [0, 0.1) is 6.92 Å². The molecule has 152 valence electrons. The average Bonchev–Trinajstić information content (AvgIpc) is 3.10. The Morgan fingerprint density at radius 3 is 2.52 bits per heavy atom. The minimum Gasteiger partial charge on any atom is -0.351 e. The van der Waals surface area contributed by atoms with Crippen LogP contribution in [0.4, 0.5) is 0 Å². The van der Waals surface area contributed by atoms with Gasteiger partial charge in [0.25, 0.3) is 11.8 Å².